The van der Waals surface area contributed by atoms with Crippen LogP contribution in [-0.4, -0.2) is 52.1 Å². The van der Waals surface area contributed by atoms with Crippen LogP contribution in [0.2, 0.25) is 5.15 Å². The predicted octanol–water partition coefficient (Wildman–Crippen LogP) is 4.13. The Hall–Kier alpha value is -2.80. The van der Waals surface area contributed by atoms with Gasteiger partial charge < -0.3 is 20.5 Å². The topological polar surface area (TPSA) is 85.9 Å². The van der Waals surface area contributed by atoms with E-state index < -0.39 is 0 Å². The van der Waals surface area contributed by atoms with Gasteiger partial charge in [-0.15, -0.1) is 0 Å². The van der Waals surface area contributed by atoms with Crippen LogP contribution in [0.4, 0.5) is 10.6 Å². The number of urea groups is 1. The molecule has 7 nitrogen and oxygen atoms in total. The Balaban J connectivity index is 1.46. The molecular formula is C21H25ClN6O. The third-order valence-corrected chi connectivity index (χ3v) is 5.46. The fourth-order valence-corrected chi connectivity index (χ4v) is 4.07. The van der Waals surface area contributed by atoms with Crippen LogP contribution in [-0.2, 0) is 0 Å². The number of halogens is 1. The summed E-state index contributed by atoms with van der Waals surface area (Å²) in [4.78, 5) is 26.0. The fraction of sp³-hybridized carbons (Fsp3) is 0.381. The van der Waals surface area contributed by atoms with Crippen molar-refractivity contribution in [1.29, 1.82) is 0 Å². The van der Waals surface area contributed by atoms with Crippen LogP contribution >= 0.6 is 11.6 Å². The highest BCUT2D eigenvalue weighted by molar-refractivity contribution is 6.29. The van der Waals surface area contributed by atoms with Gasteiger partial charge in [0.15, 0.2) is 0 Å². The smallest absolute Gasteiger partial charge is 0.317 e. The number of carbonyl (C=O) groups excluding carboxylic acids is 1. The molecule has 3 N–H and O–H groups in total. The van der Waals surface area contributed by atoms with Crippen LogP contribution in [0.15, 0.2) is 36.7 Å². The number of fused-ring (bicyclic) bond motifs is 1. The number of likely N-dealkylation sites (tertiary alicyclic amines) is 1. The lowest BCUT2D eigenvalue weighted by Gasteiger charge is -2.32. The monoisotopic (exact) mass is 412 g/mol. The molecule has 1 aliphatic rings. The molecule has 2 amide bonds. The summed E-state index contributed by atoms with van der Waals surface area (Å²) in [5.74, 6) is 1.12. The van der Waals surface area contributed by atoms with E-state index in [2.05, 4.69) is 25.6 Å². The summed E-state index contributed by atoms with van der Waals surface area (Å²) in [6, 6.07) is 7.85. The number of nitrogens with zero attached hydrogens (tertiary/aromatic N) is 3. The first-order valence-electron chi connectivity index (χ1n) is 10.0. The van der Waals surface area contributed by atoms with E-state index in [-0.39, 0.29) is 6.03 Å². The summed E-state index contributed by atoms with van der Waals surface area (Å²) in [6.45, 7) is 4.90. The molecule has 0 bridgehead atoms. The molecule has 3 aromatic rings. The summed E-state index contributed by atoms with van der Waals surface area (Å²) in [5.41, 5.74) is 2.87. The molecule has 0 radical (unpaired) electrons. The van der Waals surface area contributed by atoms with E-state index >= 15 is 0 Å². The largest absolute Gasteiger partial charge is 0.370 e. The van der Waals surface area contributed by atoms with Crippen molar-refractivity contribution in [2.45, 2.75) is 19.8 Å². The molecular weight excluding hydrogens is 388 g/mol. The number of amides is 2. The average molecular weight is 413 g/mol. The maximum absolute atomic E-state index is 12.1. The highest BCUT2D eigenvalue weighted by Gasteiger charge is 2.23. The van der Waals surface area contributed by atoms with Gasteiger partial charge in [-0.2, -0.15) is 0 Å². The number of nitrogens with one attached hydrogen (secondary N) is 3. The Morgan fingerprint density at radius 1 is 1.41 bits per heavy atom. The second-order valence-electron chi connectivity index (χ2n) is 7.34. The van der Waals surface area contributed by atoms with E-state index in [1.807, 2.05) is 42.3 Å². The molecule has 0 saturated carbocycles. The first-order chi connectivity index (χ1) is 14.1. The van der Waals surface area contributed by atoms with Gasteiger partial charge in [-0.05, 0) is 55.5 Å². The standard InChI is InChI=1S/C21H25ClN6O/c1-2-23-21(29)28-8-4-5-14(13-28)11-25-19-10-15(9-18(22)27-19)17-12-26-20-16(17)6-3-7-24-20/h3,6-7,9-10,12,14H,2,4-5,8,11,13H2,1H3,(H,23,29)(H,24,26)(H,25,27). The van der Waals surface area contributed by atoms with Gasteiger partial charge in [0.2, 0.25) is 0 Å². The second kappa shape index (κ2) is 8.69. The van der Waals surface area contributed by atoms with E-state index in [9.17, 15) is 4.79 Å². The Kier molecular flexibility index (Phi) is 5.85. The number of rotatable bonds is 5. The van der Waals surface area contributed by atoms with Crippen molar-refractivity contribution in [3.8, 4) is 11.1 Å². The Morgan fingerprint density at radius 2 is 2.31 bits per heavy atom. The molecule has 0 aromatic carbocycles. The summed E-state index contributed by atoms with van der Waals surface area (Å²) in [5, 5.41) is 7.79. The second-order valence-corrected chi connectivity index (χ2v) is 7.72. The number of piperidine rings is 1. The van der Waals surface area contributed by atoms with Gasteiger partial charge in [0.05, 0.1) is 0 Å². The van der Waals surface area contributed by atoms with Crippen LogP contribution in [0.5, 0.6) is 0 Å². The van der Waals surface area contributed by atoms with E-state index in [4.69, 9.17) is 11.6 Å². The Labute approximate surface area is 174 Å². The highest BCUT2D eigenvalue weighted by Crippen LogP contribution is 2.30. The van der Waals surface area contributed by atoms with Crippen LogP contribution in [0, 0.1) is 5.92 Å². The van der Waals surface area contributed by atoms with E-state index in [0.29, 0.717) is 17.6 Å². The van der Waals surface area contributed by atoms with Crippen molar-refractivity contribution in [3.63, 3.8) is 0 Å². The van der Waals surface area contributed by atoms with Gasteiger partial charge in [-0.1, -0.05) is 11.6 Å². The van der Waals surface area contributed by atoms with Crippen LogP contribution in [0.3, 0.4) is 0 Å². The minimum Gasteiger partial charge on any atom is -0.370 e. The van der Waals surface area contributed by atoms with Gasteiger partial charge in [-0.3, -0.25) is 0 Å². The highest BCUT2D eigenvalue weighted by atomic mass is 35.5. The molecule has 1 saturated heterocycles. The molecule has 0 spiro atoms. The maximum Gasteiger partial charge on any atom is 0.317 e. The van der Waals surface area contributed by atoms with Crippen molar-refractivity contribution in [2.24, 2.45) is 5.92 Å². The molecule has 4 rings (SSSR count). The van der Waals surface area contributed by atoms with Crippen LogP contribution in [0.25, 0.3) is 22.2 Å². The normalized spacial score (nSPS) is 16.8. The van der Waals surface area contributed by atoms with Crippen molar-refractivity contribution in [1.82, 2.24) is 25.2 Å². The molecule has 4 heterocycles. The summed E-state index contributed by atoms with van der Waals surface area (Å²) in [7, 11) is 0. The lowest BCUT2D eigenvalue weighted by molar-refractivity contribution is 0.169. The molecule has 0 aliphatic carbocycles. The number of anilines is 1. The molecule has 1 fully saturated rings. The van der Waals surface area contributed by atoms with Crippen molar-refractivity contribution >= 4 is 34.5 Å². The number of hydrogen-bond acceptors (Lipinski definition) is 4. The van der Waals surface area contributed by atoms with Crippen LogP contribution < -0.4 is 10.6 Å². The molecule has 1 atom stereocenters. The number of aromatic amines is 1. The number of carbonyl (C=O) groups is 1. The molecule has 1 unspecified atom stereocenters. The van der Waals surface area contributed by atoms with E-state index in [0.717, 1.165) is 60.5 Å². The minimum absolute atomic E-state index is 0.0216. The maximum atomic E-state index is 12.1. The quantitative estimate of drug-likeness (QED) is 0.550. The molecule has 152 valence electrons. The molecule has 3 aromatic heterocycles. The first-order valence-corrected chi connectivity index (χ1v) is 10.4. The molecule has 1 aliphatic heterocycles. The summed E-state index contributed by atoms with van der Waals surface area (Å²) in [6.07, 6.45) is 5.81. The lowest BCUT2D eigenvalue weighted by atomic mass is 9.98. The number of hydrogen-bond donors (Lipinski definition) is 3. The van der Waals surface area contributed by atoms with Gasteiger partial charge in [0.25, 0.3) is 0 Å². The SMILES string of the molecule is CCNC(=O)N1CCCC(CNc2cc(-c3c[nH]c4ncccc34)cc(Cl)n2)C1. The Bertz CT molecular complexity index is 1000. The predicted molar refractivity (Wildman–Crippen MR) is 116 cm³/mol. The zero-order chi connectivity index (χ0) is 20.2. The lowest BCUT2D eigenvalue weighted by Crippen LogP contribution is -2.46. The van der Waals surface area contributed by atoms with Crippen molar-refractivity contribution < 1.29 is 4.79 Å². The summed E-state index contributed by atoms with van der Waals surface area (Å²) >= 11 is 6.30. The van der Waals surface area contributed by atoms with Gasteiger partial charge in [-0.25, -0.2) is 14.8 Å². The number of aromatic nitrogens is 3. The zero-order valence-corrected chi connectivity index (χ0v) is 17.2. The van der Waals surface area contributed by atoms with Crippen molar-refractivity contribution in [2.75, 3.05) is 31.5 Å². The first kappa shape index (κ1) is 19.5. The molecule has 29 heavy (non-hydrogen) atoms. The van der Waals surface area contributed by atoms with Crippen molar-refractivity contribution in [3.05, 3.63) is 41.8 Å². The van der Waals surface area contributed by atoms with Gasteiger partial charge in [0, 0.05) is 49.5 Å². The molecule has 8 heteroatoms. The third-order valence-electron chi connectivity index (χ3n) is 5.26. The van der Waals surface area contributed by atoms with Gasteiger partial charge in [0.1, 0.15) is 16.6 Å². The summed E-state index contributed by atoms with van der Waals surface area (Å²) < 4.78 is 0. The average Bonchev–Trinajstić information content (AvgIpc) is 3.16. The zero-order valence-electron chi connectivity index (χ0n) is 16.4. The number of H-pyrrole nitrogens is 1. The van der Waals surface area contributed by atoms with E-state index in [1.165, 1.54) is 0 Å². The minimum atomic E-state index is 0.0216. The van der Waals surface area contributed by atoms with E-state index in [1.54, 1.807) is 6.20 Å². The van der Waals surface area contributed by atoms with Gasteiger partial charge >= 0.3 is 6.03 Å². The number of pyridine rings is 2. The third kappa shape index (κ3) is 4.45. The fourth-order valence-electron chi connectivity index (χ4n) is 3.87. The Morgan fingerprint density at radius 3 is 3.17 bits per heavy atom. The van der Waals surface area contributed by atoms with Crippen LogP contribution in [0.1, 0.15) is 19.8 Å².